The van der Waals surface area contributed by atoms with Gasteiger partial charge in [-0.15, -0.1) is 0 Å². The monoisotopic (exact) mass is 302 g/mol. The third kappa shape index (κ3) is 6.30. The van der Waals surface area contributed by atoms with E-state index in [2.05, 4.69) is 21.1 Å². The first-order valence-corrected chi connectivity index (χ1v) is 7.05. The van der Waals surface area contributed by atoms with Gasteiger partial charge in [0, 0.05) is 11.4 Å². The number of hydrogen-bond donors (Lipinski definition) is 2. The zero-order valence-electron chi connectivity index (χ0n) is 13.4. The summed E-state index contributed by atoms with van der Waals surface area (Å²) in [5.41, 5.74) is 7.12. The molecule has 0 spiro atoms. The molecule has 0 aliphatic rings. The van der Waals surface area contributed by atoms with E-state index in [9.17, 15) is 9.59 Å². The summed E-state index contributed by atoms with van der Waals surface area (Å²) in [5.74, 6) is -1.80. The topological polar surface area (TPSA) is 82.9 Å². The van der Waals surface area contributed by atoms with Gasteiger partial charge >= 0.3 is 0 Å². The number of hydrogen-bond acceptors (Lipinski definition) is 4. The first-order chi connectivity index (χ1) is 10.4. The van der Waals surface area contributed by atoms with Crippen molar-refractivity contribution < 1.29 is 9.59 Å². The van der Waals surface area contributed by atoms with Crippen molar-refractivity contribution in [1.82, 2.24) is 10.9 Å². The maximum Gasteiger partial charge on any atom is 0.253 e. The second kappa shape index (κ2) is 8.71. The molecule has 0 bridgehead atoms. The summed E-state index contributed by atoms with van der Waals surface area (Å²) in [7, 11) is 0. The van der Waals surface area contributed by atoms with Crippen LogP contribution < -0.4 is 10.9 Å². The van der Waals surface area contributed by atoms with Gasteiger partial charge in [0.1, 0.15) is 5.92 Å². The average molecular weight is 302 g/mol. The molecule has 22 heavy (non-hydrogen) atoms. The molecule has 2 amide bonds. The van der Waals surface area contributed by atoms with E-state index in [-0.39, 0.29) is 6.42 Å². The molecular formula is C16H22N4O2. The second-order valence-electron chi connectivity index (χ2n) is 5.31. The number of benzene rings is 1. The highest BCUT2D eigenvalue weighted by atomic mass is 16.2. The van der Waals surface area contributed by atoms with E-state index >= 15 is 0 Å². The van der Waals surface area contributed by atoms with Crippen LogP contribution in [0.5, 0.6) is 0 Å². The fourth-order valence-corrected chi connectivity index (χ4v) is 1.64. The van der Waals surface area contributed by atoms with Gasteiger partial charge in [0.05, 0.1) is 0 Å². The molecule has 0 aliphatic carbocycles. The highest BCUT2D eigenvalue weighted by Crippen LogP contribution is 2.10. The molecule has 1 aromatic carbocycles. The van der Waals surface area contributed by atoms with Crippen LogP contribution in [-0.4, -0.2) is 23.2 Å². The normalized spacial score (nSPS) is 9.86. The lowest BCUT2D eigenvalue weighted by atomic mass is 9.98. The number of rotatable bonds is 6. The Kier molecular flexibility index (Phi) is 6.95. The van der Waals surface area contributed by atoms with E-state index < -0.39 is 17.7 Å². The molecule has 0 saturated carbocycles. The van der Waals surface area contributed by atoms with Crippen LogP contribution in [0.4, 0.5) is 0 Å². The Morgan fingerprint density at radius 1 is 0.909 bits per heavy atom. The van der Waals surface area contributed by atoms with E-state index in [0.29, 0.717) is 11.4 Å². The number of carbonyl (C=O) groups excluding carboxylic acids is 2. The van der Waals surface area contributed by atoms with Crippen LogP contribution in [-0.2, 0) is 16.0 Å². The van der Waals surface area contributed by atoms with Crippen LogP contribution in [0, 0.1) is 5.92 Å². The minimum atomic E-state index is -0.895. The lowest BCUT2D eigenvalue weighted by molar-refractivity contribution is -0.135. The van der Waals surface area contributed by atoms with E-state index in [0.717, 1.165) is 5.56 Å². The molecule has 0 aliphatic heterocycles. The van der Waals surface area contributed by atoms with Gasteiger partial charge in [0.15, 0.2) is 0 Å². The van der Waals surface area contributed by atoms with E-state index in [4.69, 9.17) is 0 Å². The first-order valence-electron chi connectivity index (χ1n) is 7.05. The van der Waals surface area contributed by atoms with Crippen molar-refractivity contribution >= 4 is 23.2 Å². The molecule has 6 nitrogen and oxygen atoms in total. The van der Waals surface area contributed by atoms with Crippen molar-refractivity contribution in [2.45, 2.75) is 34.1 Å². The van der Waals surface area contributed by atoms with Crippen molar-refractivity contribution in [2.24, 2.45) is 16.1 Å². The van der Waals surface area contributed by atoms with Crippen LogP contribution in [0.1, 0.15) is 33.3 Å². The second-order valence-corrected chi connectivity index (χ2v) is 5.31. The van der Waals surface area contributed by atoms with Crippen LogP contribution in [0.3, 0.4) is 0 Å². The maximum absolute atomic E-state index is 12.2. The van der Waals surface area contributed by atoms with Crippen LogP contribution in [0.2, 0.25) is 0 Å². The predicted octanol–water partition coefficient (Wildman–Crippen LogP) is 1.87. The van der Waals surface area contributed by atoms with Gasteiger partial charge in [-0.2, -0.15) is 10.2 Å². The quantitative estimate of drug-likeness (QED) is 0.478. The summed E-state index contributed by atoms with van der Waals surface area (Å²) in [6.45, 7) is 7.04. The Morgan fingerprint density at radius 2 is 1.36 bits per heavy atom. The van der Waals surface area contributed by atoms with E-state index in [1.807, 2.05) is 30.3 Å². The Bertz CT molecular complexity index is 539. The van der Waals surface area contributed by atoms with Crippen LogP contribution in [0.15, 0.2) is 40.5 Å². The Morgan fingerprint density at radius 3 is 1.77 bits per heavy atom. The molecule has 0 aromatic heterocycles. The molecule has 1 rings (SSSR count). The molecule has 2 N–H and O–H groups in total. The van der Waals surface area contributed by atoms with Gasteiger partial charge in [-0.25, -0.2) is 10.9 Å². The van der Waals surface area contributed by atoms with Gasteiger partial charge in [-0.3, -0.25) is 9.59 Å². The summed E-state index contributed by atoms with van der Waals surface area (Å²) < 4.78 is 0. The molecule has 1 aromatic rings. The Balaban J connectivity index is 2.89. The summed E-state index contributed by atoms with van der Waals surface area (Å²) in [5, 5.41) is 7.73. The molecular weight excluding hydrogens is 280 g/mol. The predicted molar refractivity (Wildman–Crippen MR) is 87.5 cm³/mol. The average Bonchev–Trinajstić information content (AvgIpc) is 2.48. The minimum absolute atomic E-state index is 0.287. The molecule has 0 atom stereocenters. The van der Waals surface area contributed by atoms with Crippen LogP contribution >= 0.6 is 0 Å². The molecule has 6 heteroatoms. The highest BCUT2D eigenvalue weighted by Gasteiger charge is 2.26. The Hall–Kier alpha value is -2.50. The van der Waals surface area contributed by atoms with Crippen molar-refractivity contribution in [3.05, 3.63) is 35.9 Å². The standard InChI is InChI=1S/C16H22N4O2/c1-11(2)17-19-15(21)14(16(22)20-18-12(3)4)10-13-8-6-5-7-9-13/h5-9,14H,10H2,1-4H3,(H,19,21)(H,20,22). The van der Waals surface area contributed by atoms with Gasteiger partial charge in [-0.1, -0.05) is 30.3 Å². The molecule has 0 unspecified atom stereocenters. The fourth-order valence-electron chi connectivity index (χ4n) is 1.64. The van der Waals surface area contributed by atoms with E-state index in [1.54, 1.807) is 27.7 Å². The van der Waals surface area contributed by atoms with Crippen molar-refractivity contribution in [3.8, 4) is 0 Å². The summed E-state index contributed by atoms with van der Waals surface area (Å²) in [6, 6.07) is 9.36. The zero-order valence-corrected chi connectivity index (χ0v) is 13.4. The lowest BCUT2D eigenvalue weighted by Crippen LogP contribution is -2.39. The van der Waals surface area contributed by atoms with Crippen molar-refractivity contribution in [3.63, 3.8) is 0 Å². The third-order valence-corrected chi connectivity index (χ3v) is 2.70. The molecule has 0 saturated heterocycles. The van der Waals surface area contributed by atoms with Crippen molar-refractivity contribution in [2.75, 3.05) is 0 Å². The van der Waals surface area contributed by atoms with Gasteiger partial charge in [0.25, 0.3) is 11.8 Å². The maximum atomic E-state index is 12.2. The van der Waals surface area contributed by atoms with Gasteiger partial charge in [-0.05, 0) is 39.7 Å². The first kappa shape index (κ1) is 17.6. The lowest BCUT2D eigenvalue weighted by Gasteiger charge is -2.14. The SMILES string of the molecule is CC(C)=NNC(=O)C(Cc1ccccc1)C(=O)NN=C(C)C. The summed E-state index contributed by atoms with van der Waals surface area (Å²) in [4.78, 5) is 24.4. The number of nitrogens with zero attached hydrogens (tertiary/aromatic N) is 2. The number of carbonyl (C=O) groups is 2. The zero-order chi connectivity index (χ0) is 16.5. The smallest absolute Gasteiger partial charge is 0.253 e. The fraction of sp³-hybridized carbons (Fsp3) is 0.375. The molecule has 0 radical (unpaired) electrons. The Labute approximate surface area is 130 Å². The van der Waals surface area contributed by atoms with Crippen molar-refractivity contribution in [1.29, 1.82) is 0 Å². The summed E-state index contributed by atoms with van der Waals surface area (Å²) >= 11 is 0. The molecule has 0 heterocycles. The highest BCUT2D eigenvalue weighted by molar-refractivity contribution is 6.01. The van der Waals surface area contributed by atoms with Gasteiger partial charge in [0.2, 0.25) is 0 Å². The number of nitrogens with one attached hydrogen (secondary N) is 2. The molecule has 118 valence electrons. The summed E-state index contributed by atoms with van der Waals surface area (Å²) in [6.07, 6.45) is 0.287. The number of hydrazone groups is 2. The van der Waals surface area contributed by atoms with Gasteiger partial charge < -0.3 is 0 Å². The van der Waals surface area contributed by atoms with Crippen LogP contribution in [0.25, 0.3) is 0 Å². The molecule has 0 fully saturated rings. The van der Waals surface area contributed by atoms with E-state index in [1.165, 1.54) is 0 Å². The minimum Gasteiger partial charge on any atom is -0.272 e. The number of amides is 2. The largest absolute Gasteiger partial charge is 0.272 e. The third-order valence-electron chi connectivity index (χ3n) is 2.70.